The fraction of sp³-hybridized carbons (Fsp3) is 0.579. The first-order chi connectivity index (χ1) is 12.7. The maximum atomic E-state index is 12.4. The van der Waals surface area contributed by atoms with Gasteiger partial charge in [-0.2, -0.15) is 13.2 Å². The lowest BCUT2D eigenvalue weighted by Gasteiger charge is -2.33. The first-order valence-electron chi connectivity index (χ1n) is 8.98. The highest BCUT2D eigenvalue weighted by molar-refractivity contribution is 14.0. The molecule has 0 fully saturated rings. The van der Waals surface area contributed by atoms with Crippen LogP contribution in [-0.4, -0.2) is 56.7 Å². The van der Waals surface area contributed by atoms with E-state index in [0.29, 0.717) is 17.4 Å². The van der Waals surface area contributed by atoms with Crippen LogP contribution in [0.25, 0.3) is 0 Å². The summed E-state index contributed by atoms with van der Waals surface area (Å²) >= 11 is 0. The van der Waals surface area contributed by atoms with Gasteiger partial charge >= 0.3 is 6.18 Å². The number of guanidine groups is 1. The Bertz CT molecular complexity index is 619. The number of rotatable bonds is 8. The van der Waals surface area contributed by atoms with Crippen molar-refractivity contribution >= 4 is 35.8 Å². The molecule has 1 amide bonds. The zero-order valence-corrected chi connectivity index (χ0v) is 19.1. The van der Waals surface area contributed by atoms with Gasteiger partial charge in [-0.1, -0.05) is 44.2 Å². The Morgan fingerprint density at radius 3 is 2.14 bits per heavy atom. The molecule has 0 aliphatic carbocycles. The van der Waals surface area contributed by atoms with E-state index < -0.39 is 18.6 Å². The molecule has 1 aromatic carbocycles. The number of amides is 1. The molecule has 28 heavy (non-hydrogen) atoms. The van der Waals surface area contributed by atoms with Gasteiger partial charge in [-0.05, 0) is 18.4 Å². The molecule has 0 unspecified atom stereocenters. The largest absolute Gasteiger partial charge is 0.406 e. The lowest BCUT2D eigenvalue weighted by atomic mass is 9.76. The molecule has 0 radical (unpaired) electrons. The van der Waals surface area contributed by atoms with Crippen LogP contribution in [0.15, 0.2) is 35.3 Å². The maximum absolute atomic E-state index is 12.4. The molecule has 0 atom stereocenters. The zero-order valence-electron chi connectivity index (χ0n) is 16.8. The van der Waals surface area contributed by atoms with Crippen molar-refractivity contribution in [2.24, 2.45) is 4.99 Å². The Hall–Kier alpha value is -1.52. The van der Waals surface area contributed by atoms with Gasteiger partial charge in [0.15, 0.2) is 5.96 Å². The van der Waals surface area contributed by atoms with Crippen LogP contribution in [0, 0.1) is 0 Å². The topological polar surface area (TPSA) is 56.7 Å². The molecule has 0 spiro atoms. The number of likely N-dealkylation sites (N-methyl/N-ethyl adjacent to an activating group) is 1. The van der Waals surface area contributed by atoms with E-state index in [9.17, 15) is 18.0 Å². The number of carbonyl (C=O) groups excluding carboxylic acids is 1. The Labute approximate surface area is 182 Å². The molecule has 9 heteroatoms. The number of nitrogens with zero attached hydrogens (tertiary/aromatic N) is 2. The number of alkyl halides is 3. The number of hydrogen-bond acceptors (Lipinski definition) is 2. The van der Waals surface area contributed by atoms with Gasteiger partial charge in [0.25, 0.3) is 0 Å². The highest BCUT2D eigenvalue weighted by Crippen LogP contribution is 2.30. The average Bonchev–Trinajstić information content (AvgIpc) is 2.64. The minimum absolute atomic E-state index is 0. The van der Waals surface area contributed by atoms with Gasteiger partial charge < -0.3 is 15.5 Å². The summed E-state index contributed by atoms with van der Waals surface area (Å²) in [6.07, 6.45) is -2.60. The van der Waals surface area contributed by atoms with E-state index in [1.807, 2.05) is 18.2 Å². The predicted molar refractivity (Wildman–Crippen MR) is 117 cm³/mol. The van der Waals surface area contributed by atoms with Crippen molar-refractivity contribution in [3.63, 3.8) is 0 Å². The van der Waals surface area contributed by atoms with Crippen molar-refractivity contribution in [2.75, 3.05) is 33.7 Å². The summed E-state index contributed by atoms with van der Waals surface area (Å²) in [4.78, 5) is 16.6. The third-order valence-corrected chi connectivity index (χ3v) is 4.81. The van der Waals surface area contributed by atoms with Gasteiger partial charge in [0.05, 0.1) is 6.54 Å². The van der Waals surface area contributed by atoms with E-state index in [0.717, 1.165) is 19.9 Å². The number of carbonyl (C=O) groups is 1. The van der Waals surface area contributed by atoms with Crippen molar-refractivity contribution < 1.29 is 18.0 Å². The second-order valence-electron chi connectivity index (χ2n) is 6.50. The van der Waals surface area contributed by atoms with E-state index in [-0.39, 0.29) is 35.9 Å². The lowest BCUT2D eigenvalue weighted by molar-refractivity contribution is -0.157. The molecule has 2 N–H and O–H groups in total. The van der Waals surface area contributed by atoms with Crippen molar-refractivity contribution in [2.45, 2.75) is 38.3 Å². The number of aliphatic imine (C=N–C) groups is 1. The maximum Gasteiger partial charge on any atom is 0.406 e. The van der Waals surface area contributed by atoms with Gasteiger partial charge in [0.2, 0.25) is 5.91 Å². The normalized spacial score (nSPS) is 12.2. The lowest BCUT2D eigenvalue weighted by Crippen LogP contribution is -2.48. The highest BCUT2D eigenvalue weighted by Gasteiger charge is 2.31. The number of nitrogens with one attached hydrogen (secondary N) is 2. The van der Waals surface area contributed by atoms with Gasteiger partial charge in [0.1, 0.15) is 6.54 Å². The smallest absolute Gasteiger partial charge is 0.356 e. The summed E-state index contributed by atoms with van der Waals surface area (Å²) in [7, 11) is 2.68. The van der Waals surface area contributed by atoms with Crippen LogP contribution in [0.1, 0.15) is 32.3 Å². The van der Waals surface area contributed by atoms with Gasteiger partial charge in [-0.15, -0.1) is 24.0 Å². The molecule has 0 aliphatic rings. The van der Waals surface area contributed by atoms with E-state index in [4.69, 9.17) is 0 Å². The fourth-order valence-electron chi connectivity index (χ4n) is 2.93. The molecular formula is C19H30F3IN4O. The molecule has 0 saturated heterocycles. The molecule has 1 rings (SSSR count). The van der Waals surface area contributed by atoms with Gasteiger partial charge in [-0.25, -0.2) is 0 Å². The fourth-order valence-corrected chi connectivity index (χ4v) is 2.93. The van der Waals surface area contributed by atoms with Crippen LogP contribution in [0.2, 0.25) is 0 Å². The number of halogens is 4. The van der Waals surface area contributed by atoms with Crippen molar-refractivity contribution in [1.82, 2.24) is 15.5 Å². The Morgan fingerprint density at radius 2 is 1.68 bits per heavy atom. The molecule has 0 aromatic heterocycles. The third-order valence-electron chi connectivity index (χ3n) is 4.81. The summed E-state index contributed by atoms with van der Waals surface area (Å²) in [6, 6.07) is 10.1. The quantitative estimate of drug-likeness (QED) is 0.317. The van der Waals surface area contributed by atoms with Gasteiger partial charge in [0, 0.05) is 26.1 Å². The van der Waals surface area contributed by atoms with Crippen LogP contribution in [0.5, 0.6) is 0 Å². The summed E-state index contributed by atoms with van der Waals surface area (Å²) in [5.41, 5.74) is 1.11. The van der Waals surface area contributed by atoms with Crippen molar-refractivity contribution in [3.05, 3.63) is 35.9 Å². The van der Waals surface area contributed by atoms with E-state index >= 15 is 0 Å². The molecule has 0 heterocycles. The van der Waals surface area contributed by atoms with E-state index in [1.54, 1.807) is 7.05 Å². The Morgan fingerprint density at radius 1 is 1.11 bits per heavy atom. The zero-order chi connectivity index (χ0) is 20.5. The standard InChI is InChI=1S/C19H29F3N4O.HI/c1-5-18(6-2,15-10-8-7-9-11-15)13-25-17(23-3)24-12-16(27)26(4)14-19(20,21)22;/h7-11H,5-6,12-14H2,1-4H3,(H2,23,24,25);1H. The van der Waals surface area contributed by atoms with E-state index in [1.165, 1.54) is 5.56 Å². The highest BCUT2D eigenvalue weighted by atomic mass is 127. The summed E-state index contributed by atoms with van der Waals surface area (Å²) in [5.74, 6) is -0.276. The molecular weight excluding hydrogens is 484 g/mol. The first-order valence-corrected chi connectivity index (χ1v) is 8.98. The number of hydrogen-bond donors (Lipinski definition) is 2. The third kappa shape index (κ3) is 8.24. The monoisotopic (exact) mass is 514 g/mol. The van der Waals surface area contributed by atoms with Crippen molar-refractivity contribution in [1.29, 1.82) is 0 Å². The minimum atomic E-state index is -4.41. The van der Waals surface area contributed by atoms with E-state index in [2.05, 4.69) is 41.6 Å². The summed E-state index contributed by atoms with van der Waals surface area (Å²) in [6.45, 7) is 3.29. The summed E-state index contributed by atoms with van der Waals surface area (Å²) in [5, 5.41) is 5.99. The van der Waals surface area contributed by atoms with Crippen molar-refractivity contribution in [3.8, 4) is 0 Å². The Kier molecular flexibility index (Phi) is 11.5. The molecule has 5 nitrogen and oxygen atoms in total. The second kappa shape index (κ2) is 12.1. The minimum Gasteiger partial charge on any atom is -0.356 e. The van der Waals surface area contributed by atoms with Crippen LogP contribution >= 0.6 is 24.0 Å². The van der Waals surface area contributed by atoms with Crippen LogP contribution in [0.3, 0.4) is 0 Å². The molecule has 1 aromatic rings. The Balaban J connectivity index is 0.00000729. The molecule has 0 bridgehead atoms. The average molecular weight is 514 g/mol. The van der Waals surface area contributed by atoms with Gasteiger partial charge in [-0.3, -0.25) is 9.79 Å². The van der Waals surface area contributed by atoms with Crippen LogP contribution in [0.4, 0.5) is 13.2 Å². The van der Waals surface area contributed by atoms with Crippen LogP contribution in [-0.2, 0) is 10.2 Å². The second-order valence-corrected chi connectivity index (χ2v) is 6.50. The molecule has 0 aliphatic heterocycles. The van der Waals surface area contributed by atoms with Crippen LogP contribution < -0.4 is 10.6 Å². The molecule has 0 saturated carbocycles. The first kappa shape index (κ1) is 26.5. The summed E-state index contributed by atoms with van der Waals surface area (Å²) < 4.78 is 37.1. The molecule has 160 valence electrons. The SMILES string of the molecule is CCC(CC)(CNC(=NC)NCC(=O)N(C)CC(F)(F)F)c1ccccc1.I. The number of benzene rings is 1. The predicted octanol–water partition coefficient (Wildman–Crippen LogP) is 3.55.